The molecule has 1 amide bonds. The molecular formula is C48H87N2O6P. The Morgan fingerprint density at radius 3 is 1.47 bits per heavy atom. The highest BCUT2D eigenvalue weighted by molar-refractivity contribution is 7.47. The number of unbranched alkanes of at least 4 members (excludes halogenated alkanes) is 20. The van der Waals surface area contributed by atoms with Gasteiger partial charge in [-0.2, -0.15) is 0 Å². The van der Waals surface area contributed by atoms with Crippen molar-refractivity contribution in [3.05, 3.63) is 72.9 Å². The Kier molecular flexibility index (Phi) is 41.9. The average molecular weight is 819 g/mol. The monoisotopic (exact) mass is 819 g/mol. The van der Waals surface area contributed by atoms with Gasteiger partial charge in [-0.05, 0) is 83.5 Å². The molecule has 0 saturated carbocycles. The molecule has 0 bridgehead atoms. The Labute approximate surface area is 350 Å². The Bertz CT molecular complexity index is 1120. The molecule has 0 aromatic heterocycles. The minimum atomic E-state index is -4.36. The molecule has 8 nitrogen and oxygen atoms in total. The summed E-state index contributed by atoms with van der Waals surface area (Å²) in [5, 5.41) is 13.7. The number of phosphoric ester groups is 1. The minimum Gasteiger partial charge on any atom is -0.387 e. The predicted octanol–water partition coefficient (Wildman–Crippen LogP) is 13.2. The number of allylic oxidation sites excluding steroid dienone is 11. The van der Waals surface area contributed by atoms with E-state index in [4.69, 9.17) is 14.8 Å². The van der Waals surface area contributed by atoms with Gasteiger partial charge in [0.15, 0.2) is 0 Å². The van der Waals surface area contributed by atoms with Crippen LogP contribution in [0.15, 0.2) is 72.9 Å². The smallest absolute Gasteiger partial charge is 0.387 e. The number of rotatable bonds is 42. The summed E-state index contributed by atoms with van der Waals surface area (Å²) in [5.41, 5.74) is 5.37. The van der Waals surface area contributed by atoms with Gasteiger partial charge in [0.2, 0.25) is 5.91 Å². The second kappa shape index (κ2) is 43.5. The van der Waals surface area contributed by atoms with Gasteiger partial charge in [0.05, 0.1) is 25.4 Å². The van der Waals surface area contributed by atoms with Crippen LogP contribution in [0.1, 0.15) is 194 Å². The fraction of sp³-hybridized carbons (Fsp3) is 0.729. The highest BCUT2D eigenvalue weighted by atomic mass is 31.2. The normalized spacial score (nSPS) is 14.7. The van der Waals surface area contributed by atoms with Crippen LogP contribution in [0.4, 0.5) is 0 Å². The predicted molar refractivity (Wildman–Crippen MR) is 244 cm³/mol. The fourth-order valence-corrected chi connectivity index (χ4v) is 6.99. The molecule has 0 rings (SSSR count). The van der Waals surface area contributed by atoms with Gasteiger partial charge < -0.3 is 21.1 Å². The van der Waals surface area contributed by atoms with Crippen molar-refractivity contribution in [2.24, 2.45) is 5.73 Å². The summed E-state index contributed by atoms with van der Waals surface area (Å²) < 4.78 is 22.1. The van der Waals surface area contributed by atoms with E-state index in [0.29, 0.717) is 6.42 Å². The van der Waals surface area contributed by atoms with E-state index in [1.807, 2.05) is 6.08 Å². The first-order chi connectivity index (χ1) is 27.9. The van der Waals surface area contributed by atoms with Crippen LogP contribution in [0.25, 0.3) is 0 Å². The molecular weight excluding hydrogens is 732 g/mol. The zero-order valence-corrected chi connectivity index (χ0v) is 37.4. The summed E-state index contributed by atoms with van der Waals surface area (Å²) in [7, 11) is -4.36. The van der Waals surface area contributed by atoms with Gasteiger partial charge in [-0.1, -0.05) is 177 Å². The van der Waals surface area contributed by atoms with Gasteiger partial charge in [0, 0.05) is 13.0 Å². The van der Waals surface area contributed by atoms with Crippen LogP contribution in [0.5, 0.6) is 0 Å². The summed E-state index contributed by atoms with van der Waals surface area (Å²) in [4.78, 5) is 22.7. The highest BCUT2D eigenvalue weighted by Crippen LogP contribution is 2.43. The maximum absolute atomic E-state index is 12.8. The SMILES string of the molecule is CCCCCCC/C=C\C/C=C\C/C=C\CCCCCCCCC(=O)NC(COP(=O)(O)OCCN)C(O)/C=C/CC/C=C/CC/C=C/CCCCCCCCC. The molecule has 0 aliphatic carbocycles. The molecule has 0 heterocycles. The van der Waals surface area contributed by atoms with Crippen LogP contribution in [0.3, 0.4) is 0 Å². The third-order valence-corrected chi connectivity index (χ3v) is 10.7. The second-order valence-electron chi connectivity index (χ2n) is 15.2. The molecule has 0 aliphatic rings. The van der Waals surface area contributed by atoms with E-state index in [0.717, 1.165) is 70.6 Å². The lowest BCUT2D eigenvalue weighted by Gasteiger charge is -2.23. The van der Waals surface area contributed by atoms with Crippen molar-refractivity contribution in [2.75, 3.05) is 19.8 Å². The van der Waals surface area contributed by atoms with Crippen LogP contribution in [-0.4, -0.2) is 47.8 Å². The maximum atomic E-state index is 12.8. The van der Waals surface area contributed by atoms with Crippen molar-refractivity contribution in [1.82, 2.24) is 5.32 Å². The number of carbonyl (C=O) groups is 1. The van der Waals surface area contributed by atoms with Crippen LogP contribution < -0.4 is 11.1 Å². The molecule has 57 heavy (non-hydrogen) atoms. The molecule has 0 aliphatic heterocycles. The molecule has 0 radical (unpaired) electrons. The van der Waals surface area contributed by atoms with E-state index in [1.165, 1.54) is 103 Å². The number of nitrogens with one attached hydrogen (secondary N) is 1. The number of hydrogen-bond acceptors (Lipinski definition) is 6. The molecule has 5 N–H and O–H groups in total. The number of nitrogens with two attached hydrogens (primary N) is 1. The van der Waals surface area contributed by atoms with Crippen molar-refractivity contribution in [1.29, 1.82) is 0 Å². The number of hydrogen-bond donors (Lipinski definition) is 4. The summed E-state index contributed by atoms with van der Waals surface area (Å²) in [6, 6.07) is -0.894. The van der Waals surface area contributed by atoms with Gasteiger partial charge in [0.25, 0.3) is 0 Å². The van der Waals surface area contributed by atoms with Gasteiger partial charge in [-0.3, -0.25) is 13.8 Å². The quantitative estimate of drug-likeness (QED) is 0.0274. The van der Waals surface area contributed by atoms with E-state index < -0.39 is 20.0 Å². The molecule has 0 aromatic carbocycles. The molecule has 3 atom stereocenters. The lowest BCUT2D eigenvalue weighted by molar-refractivity contribution is -0.123. The number of carbonyl (C=O) groups excluding carboxylic acids is 1. The van der Waals surface area contributed by atoms with Gasteiger partial charge in [0.1, 0.15) is 0 Å². The molecule has 0 spiro atoms. The maximum Gasteiger partial charge on any atom is 0.472 e. The lowest BCUT2D eigenvalue weighted by Crippen LogP contribution is -2.45. The first-order valence-corrected chi connectivity index (χ1v) is 24.6. The third kappa shape index (κ3) is 41.9. The summed E-state index contributed by atoms with van der Waals surface area (Å²) in [5.74, 6) is -0.223. The van der Waals surface area contributed by atoms with Crippen molar-refractivity contribution >= 4 is 13.7 Å². The van der Waals surface area contributed by atoms with Crippen molar-refractivity contribution in [3.8, 4) is 0 Å². The molecule has 0 saturated heterocycles. The summed E-state index contributed by atoms with van der Waals surface area (Å²) in [6.07, 6.45) is 56.7. The van der Waals surface area contributed by atoms with E-state index in [9.17, 15) is 19.4 Å². The van der Waals surface area contributed by atoms with E-state index in [1.54, 1.807) is 6.08 Å². The van der Waals surface area contributed by atoms with Crippen molar-refractivity contribution in [2.45, 2.75) is 206 Å². The van der Waals surface area contributed by atoms with Gasteiger partial charge in [-0.15, -0.1) is 0 Å². The van der Waals surface area contributed by atoms with Gasteiger partial charge in [-0.25, -0.2) is 4.57 Å². The molecule has 0 fully saturated rings. The molecule has 3 unspecified atom stereocenters. The number of phosphoric acid groups is 1. The zero-order valence-electron chi connectivity index (χ0n) is 36.6. The Balaban J connectivity index is 4.29. The number of aliphatic hydroxyl groups excluding tert-OH is 1. The first-order valence-electron chi connectivity index (χ1n) is 23.1. The van der Waals surface area contributed by atoms with E-state index in [-0.39, 0.29) is 25.7 Å². The van der Waals surface area contributed by atoms with Crippen molar-refractivity contribution < 1.29 is 28.4 Å². The fourth-order valence-electron chi connectivity index (χ4n) is 6.23. The van der Waals surface area contributed by atoms with Crippen LogP contribution in [-0.2, 0) is 18.4 Å². The first kappa shape index (κ1) is 54.9. The third-order valence-electron chi connectivity index (χ3n) is 9.73. The highest BCUT2D eigenvalue weighted by Gasteiger charge is 2.26. The Hall–Kier alpha value is -2.06. The minimum absolute atomic E-state index is 0.0661. The Morgan fingerprint density at radius 1 is 0.579 bits per heavy atom. The topological polar surface area (TPSA) is 131 Å². The summed E-state index contributed by atoms with van der Waals surface area (Å²) in [6.45, 7) is 4.07. The van der Waals surface area contributed by atoms with Crippen LogP contribution in [0, 0.1) is 0 Å². The van der Waals surface area contributed by atoms with Gasteiger partial charge >= 0.3 is 7.82 Å². The number of aliphatic hydroxyl groups is 1. The largest absolute Gasteiger partial charge is 0.472 e. The summed E-state index contributed by atoms with van der Waals surface area (Å²) >= 11 is 0. The standard InChI is InChI=1S/C48H87N2O6P/c1-3-5-7-9-11-13-15-17-19-21-22-23-24-26-28-30-32-34-36-38-40-42-48(52)50-46(45-56-57(53,54)55-44-43-49)47(51)41-39-37-35-33-31-29-27-25-20-18-16-14-12-10-8-6-4-2/h15,17,20-22,24-26,31,33,39,41,46-47,51H,3-14,16,18-19,23,27-30,32,34-38,40,42-45,49H2,1-2H3,(H,50,52)(H,53,54)/b17-15-,22-21-,25-20+,26-24-,33-31+,41-39+. The van der Waals surface area contributed by atoms with E-state index in [2.05, 4.69) is 79.9 Å². The second-order valence-corrected chi connectivity index (χ2v) is 16.7. The van der Waals surface area contributed by atoms with Crippen LogP contribution >= 0.6 is 7.82 Å². The molecule has 0 aromatic rings. The molecule has 330 valence electrons. The van der Waals surface area contributed by atoms with E-state index >= 15 is 0 Å². The Morgan fingerprint density at radius 2 is 0.982 bits per heavy atom. The van der Waals surface area contributed by atoms with Crippen LogP contribution in [0.2, 0.25) is 0 Å². The molecule has 9 heteroatoms. The average Bonchev–Trinajstić information content (AvgIpc) is 3.20. The lowest BCUT2D eigenvalue weighted by atomic mass is 10.1. The zero-order chi connectivity index (χ0) is 41.8. The van der Waals surface area contributed by atoms with Crippen molar-refractivity contribution in [3.63, 3.8) is 0 Å². The number of amides is 1.